The van der Waals surface area contributed by atoms with Crippen molar-refractivity contribution in [2.75, 3.05) is 0 Å². The molecule has 1 unspecified atom stereocenters. The summed E-state index contributed by atoms with van der Waals surface area (Å²) in [6.45, 7) is 1.71. The van der Waals surface area contributed by atoms with E-state index in [1.54, 1.807) is 31.2 Å². The van der Waals surface area contributed by atoms with Gasteiger partial charge in [-0.05, 0) is 36.2 Å². The van der Waals surface area contributed by atoms with Crippen LogP contribution >= 0.6 is 23.2 Å². The molecule has 0 aromatic heterocycles. The van der Waals surface area contributed by atoms with Gasteiger partial charge in [0.05, 0.1) is 10.6 Å². The van der Waals surface area contributed by atoms with Gasteiger partial charge in [-0.25, -0.2) is 4.39 Å². The third-order valence-corrected chi connectivity index (χ3v) is 3.78. The zero-order chi connectivity index (χ0) is 14.8. The van der Waals surface area contributed by atoms with Crippen molar-refractivity contribution in [3.05, 3.63) is 69.5 Å². The van der Waals surface area contributed by atoms with Gasteiger partial charge in [0.15, 0.2) is 0 Å². The number of halogens is 3. The lowest BCUT2D eigenvalue weighted by atomic mass is 9.90. The first-order valence-corrected chi connectivity index (χ1v) is 7.03. The van der Waals surface area contributed by atoms with E-state index in [4.69, 9.17) is 23.2 Å². The van der Waals surface area contributed by atoms with Crippen molar-refractivity contribution in [1.29, 1.82) is 0 Å². The van der Waals surface area contributed by atoms with Crippen LogP contribution < -0.4 is 0 Å². The van der Waals surface area contributed by atoms with Gasteiger partial charge < -0.3 is 5.11 Å². The standard InChI is InChI=1S/C16H15Cl2FO/c1-16(20,9-11-5-7-13(17)8-6-11)10-12-3-2-4-14(19)15(12)18/h2-8,20H,9-10H2,1H3. The molecule has 2 rings (SSSR count). The Balaban J connectivity index is 2.14. The minimum atomic E-state index is -1.01. The van der Waals surface area contributed by atoms with Gasteiger partial charge in [0.1, 0.15) is 5.82 Å². The second-order valence-electron chi connectivity index (χ2n) is 5.19. The molecule has 1 N–H and O–H groups in total. The van der Waals surface area contributed by atoms with Crippen molar-refractivity contribution in [3.63, 3.8) is 0 Å². The number of hydrogen-bond donors (Lipinski definition) is 1. The molecule has 1 atom stereocenters. The molecule has 1 nitrogen and oxygen atoms in total. The fourth-order valence-corrected chi connectivity index (χ4v) is 2.52. The first kappa shape index (κ1) is 15.3. The zero-order valence-electron chi connectivity index (χ0n) is 11.0. The summed E-state index contributed by atoms with van der Waals surface area (Å²) < 4.78 is 13.4. The summed E-state index contributed by atoms with van der Waals surface area (Å²) in [7, 11) is 0. The van der Waals surface area contributed by atoms with Gasteiger partial charge in [-0.1, -0.05) is 47.5 Å². The van der Waals surface area contributed by atoms with Crippen LogP contribution in [0.15, 0.2) is 42.5 Å². The van der Waals surface area contributed by atoms with E-state index in [0.29, 0.717) is 17.0 Å². The highest BCUT2D eigenvalue weighted by Crippen LogP contribution is 2.26. The summed E-state index contributed by atoms with van der Waals surface area (Å²) in [5.41, 5.74) is 0.559. The van der Waals surface area contributed by atoms with Gasteiger partial charge in [-0.2, -0.15) is 0 Å². The summed E-state index contributed by atoms with van der Waals surface area (Å²) in [5, 5.41) is 11.2. The van der Waals surface area contributed by atoms with Crippen molar-refractivity contribution in [2.45, 2.75) is 25.4 Å². The molecule has 0 heterocycles. The quantitative estimate of drug-likeness (QED) is 0.870. The minimum Gasteiger partial charge on any atom is -0.389 e. The molecular weight excluding hydrogens is 298 g/mol. The first-order valence-electron chi connectivity index (χ1n) is 6.27. The predicted octanol–water partition coefficient (Wildman–Crippen LogP) is 4.67. The van der Waals surface area contributed by atoms with E-state index in [2.05, 4.69) is 0 Å². The predicted molar refractivity (Wildman–Crippen MR) is 80.9 cm³/mol. The molecular formula is C16H15Cl2FO. The molecule has 0 fully saturated rings. The van der Waals surface area contributed by atoms with Crippen molar-refractivity contribution in [1.82, 2.24) is 0 Å². The zero-order valence-corrected chi connectivity index (χ0v) is 12.5. The Bertz CT molecular complexity index is 594. The summed E-state index contributed by atoms with van der Waals surface area (Å²) in [6.07, 6.45) is 0.725. The summed E-state index contributed by atoms with van der Waals surface area (Å²) in [5.74, 6) is -0.466. The topological polar surface area (TPSA) is 20.2 Å². The molecule has 106 valence electrons. The van der Waals surface area contributed by atoms with Gasteiger partial charge >= 0.3 is 0 Å². The van der Waals surface area contributed by atoms with E-state index in [1.807, 2.05) is 12.1 Å². The van der Waals surface area contributed by atoms with Crippen LogP contribution in [-0.2, 0) is 12.8 Å². The molecule has 4 heteroatoms. The maximum absolute atomic E-state index is 13.4. The van der Waals surface area contributed by atoms with Crippen molar-refractivity contribution in [3.8, 4) is 0 Å². The van der Waals surface area contributed by atoms with Gasteiger partial charge in [-0.15, -0.1) is 0 Å². The average molecular weight is 313 g/mol. The monoisotopic (exact) mass is 312 g/mol. The lowest BCUT2D eigenvalue weighted by molar-refractivity contribution is 0.0608. The third-order valence-electron chi connectivity index (χ3n) is 3.10. The molecule has 0 aliphatic carbocycles. The van der Waals surface area contributed by atoms with Crippen LogP contribution in [-0.4, -0.2) is 10.7 Å². The molecule has 0 aliphatic rings. The highest BCUT2D eigenvalue weighted by atomic mass is 35.5. The summed E-state index contributed by atoms with van der Waals surface area (Å²) >= 11 is 11.7. The molecule has 20 heavy (non-hydrogen) atoms. The Morgan fingerprint density at radius 3 is 2.35 bits per heavy atom. The number of rotatable bonds is 4. The van der Waals surface area contributed by atoms with E-state index in [-0.39, 0.29) is 11.4 Å². The van der Waals surface area contributed by atoms with Crippen molar-refractivity contribution in [2.24, 2.45) is 0 Å². The Morgan fingerprint density at radius 2 is 1.70 bits per heavy atom. The average Bonchev–Trinajstić information content (AvgIpc) is 2.37. The van der Waals surface area contributed by atoms with E-state index in [1.165, 1.54) is 6.07 Å². The van der Waals surface area contributed by atoms with Gasteiger partial charge in [0.2, 0.25) is 0 Å². The Labute approximate surface area is 128 Å². The van der Waals surface area contributed by atoms with Gasteiger partial charge in [-0.3, -0.25) is 0 Å². The Morgan fingerprint density at radius 1 is 1.05 bits per heavy atom. The maximum atomic E-state index is 13.4. The van der Waals surface area contributed by atoms with E-state index >= 15 is 0 Å². The van der Waals surface area contributed by atoms with Crippen LogP contribution in [0, 0.1) is 5.82 Å². The molecule has 0 radical (unpaired) electrons. The highest BCUT2D eigenvalue weighted by Gasteiger charge is 2.23. The molecule has 2 aromatic rings. The van der Waals surface area contributed by atoms with E-state index < -0.39 is 11.4 Å². The van der Waals surface area contributed by atoms with E-state index in [0.717, 1.165) is 5.56 Å². The summed E-state index contributed by atoms with van der Waals surface area (Å²) in [6, 6.07) is 11.9. The lowest BCUT2D eigenvalue weighted by Crippen LogP contribution is -2.30. The molecule has 0 amide bonds. The lowest BCUT2D eigenvalue weighted by Gasteiger charge is -2.24. The van der Waals surface area contributed by atoms with E-state index in [9.17, 15) is 9.50 Å². The van der Waals surface area contributed by atoms with Crippen molar-refractivity contribution >= 4 is 23.2 Å². The molecule has 0 aliphatic heterocycles. The number of aliphatic hydroxyl groups is 1. The van der Waals surface area contributed by atoms with Crippen LogP contribution in [0.25, 0.3) is 0 Å². The summed E-state index contributed by atoms with van der Waals surface area (Å²) in [4.78, 5) is 0. The van der Waals surface area contributed by atoms with Gasteiger partial charge in [0.25, 0.3) is 0 Å². The fourth-order valence-electron chi connectivity index (χ4n) is 2.20. The van der Waals surface area contributed by atoms with Crippen LogP contribution in [0.3, 0.4) is 0 Å². The molecule has 2 aromatic carbocycles. The molecule has 0 spiro atoms. The van der Waals surface area contributed by atoms with Crippen LogP contribution in [0.1, 0.15) is 18.1 Å². The SMILES string of the molecule is CC(O)(Cc1ccc(Cl)cc1)Cc1cccc(F)c1Cl. The Kier molecular flexibility index (Phi) is 4.69. The molecule has 0 bridgehead atoms. The van der Waals surface area contributed by atoms with Crippen LogP contribution in [0.4, 0.5) is 4.39 Å². The first-order chi connectivity index (χ1) is 9.37. The fraction of sp³-hybridized carbons (Fsp3) is 0.250. The number of benzene rings is 2. The second kappa shape index (κ2) is 6.13. The molecule has 0 saturated heterocycles. The van der Waals surface area contributed by atoms with Crippen LogP contribution in [0.5, 0.6) is 0 Å². The largest absolute Gasteiger partial charge is 0.389 e. The molecule has 0 saturated carbocycles. The normalized spacial score (nSPS) is 14.1. The van der Waals surface area contributed by atoms with Crippen LogP contribution in [0.2, 0.25) is 10.0 Å². The Hall–Kier alpha value is -1.09. The third kappa shape index (κ3) is 3.95. The maximum Gasteiger partial charge on any atom is 0.142 e. The smallest absolute Gasteiger partial charge is 0.142 e. The minimum absolute atomic E-state index is 0.0730. The second-order valence-corrected chi connectivity index (χ2v) is 6.00. The van der Waals surface area contributed by atoms with Gasteiger partial charge in [0, 0.05) is 17.9 Å². The van der Waals surface area contributed by atoms with Crippen molar-refractivity contribution < 1.29 is 9.50 Å². The number of hydrogen-bond acceptors (Lipinski definition) is 1. The highest BCUT2D eigenvalue weighted by molar-refractivity contribution is 6.31.